The fourth-order valence-corrected chi connectivity index (χ4v) is 3.67. The Morgan fingerprint density at radius 2 is 1.64 bits per heavy atom. The fraction of sp³-hybridized carbons (Fsp3) is 0.588. The van der Waals surface area contributed by atoms with Gasteiger partial charge in [0.25, 0.3) is 5.91 Å². The molecule has 0 unspecified atom stereocenters. The molecule has 142 valence electrons. The first-order chi connectivity index (χ1) is 11.5. The van der Waals surface area contributed by atoms with Crippen LogP contribution in [0.2, 0.25) is 0 Å². The van der Waals surface area contributed by atoms with E-state index < -0.39 is 10.0 Å². The number of carbonyl (C=O) groups is 1. The molecule has 1 aliphatic rings. The molecule has 0 bridgehead atoms. The Labute approximate surface area is 156 Å². The van der Waals surface area contributed by atoms with E-state index in [0.717, 1.165) is 6.54 Å². The van der Waals surface area contributed by atoms with Crippen LogP contribution in [0.5, 0.6) is 0 Å². The van der Waals surface area contributed by atoms with Gasteiger partial charge in [0.05, 0.1) is 4.90 Å². The van der Waals surface area contributed by atoms with Crippen molar-refractivity contribution in [3.8, 4) is 0 Å². The van der Waals surface area contributed by atoms with E-state index in [9.17, 15) is 13.2 Å². The van der Waals surface area contributed by atoms with Crippen molar-refractivity contribution in [1.82, 2.24) is 15.4 Å². The summed E-state index contributed by atoms with van der Waals surface area (Å²) in [5, 5.41) is 6.36. The van der Waals surface area contributed by atoms with Crippen molar-refractivity contribution in [2.45, 2.75) is 49.5 Å². The molecule has 1 saturated carbocycles. The molecule has 0 saturated heterocycles. The van der Waals surface area contributed by atoms with Gasteiger partial charge in [0.15, 0.2) is 0 Å². The van der Waals surface area contributed by atoms with Crippen molar-refractivity contribution in [3.05, 3.63) is 29.8 Å². The van der Waals surface area contributed by atoms with Crippen molar-refractivity contribution >= 4 is 28.3 Å². The first-order valence-electron chi connectivity index (χ1n) is 8.58. The number of carbonyl (C=O) groups excluding carboxylic acids is 1. The largest absolute Gasteiger partial charge is 0.351 e. The minimum Gasteiger partial charge on any atom is -0.351 e. The minimum atomic E-state index is -3.47. The molecular weight excluding hydrogens is 362 g/mol. The summed E-state index contributed by atoms with van der Waals surface area (Å²) in [4.78, 5) is 12.2. The first kappa shape index (κ1) is 21.9. The van der Waals surface area contributed by atoms with Crippen LogP contribution in [0.3, 0.4) is 0 Å². The maximum atomic E-state index is 12.1. The average Bonchev–Trinajstić information content (AvgIpc) is 2.87. The highest BCUT2D eigenvalue weighted by atomic mass is 35.5. The van der Waals surface area contributed by atoms with E-state index in [2.05, 4.69) is 15.4 Å². The highest BCUT2D eigenvalue weighted by Gasteiger charge is 2.13. The Morgan fingerprint density at radius 3 is 2.20 bits per heavy atom. The van der Waals surface area contributed by atoms with Crippen LogP contribution < -0.4 is 15.4 Å². The van der Waals surface area contributed by atoms with Crippen LogP contribution >= 0.6 is 12.4 Å². The highest BCUT2D eigenvalue weighted by Crippen LogP contribution is 2.16. The van der Waals surface area contributed by atoms with Gasteiger partial charge in [0.1, 0.15) is 0 Å². The maximum Gasteiger partial charge on any atom is 0.251 e. The highest BCUT2D eigenvalue weighted by molar-refractivity contribution is 7.89. The van der Waals surface area contributed by atoms with Crippen LogP contribution in [0, 0.1) is 0 Å². The molecular formula is C17H28ClN3O3S. The normalized spacial score (nSPS) is 15.9. The lowest BCUT2D eigenvalue weighted by atomic mass is 10.1. The Bertz CT molecular complexity index is 627. The smallest absolute Gasteiger partial charge is 0.251 e. The van der Waals surface area contributed by atoms with Crippen LogP contribution in [0.4, 0.5) is 0 Å². The van der Waals surface area contributed by atoms with Crippen LogP contribution in [-0.4, -0.2) is 40.5 Å². The maximum absolute atomic E-state index is 12.1. The molecule has 3 N–H and O–H groups in total. The van der Waals surface area contributed by atoms with Crippen molar-refractivity contribution in [3.63, 3.8) is 0 Å². The number of halogens is 1. The number of benzene rings is 1. The standard InChI is InChI=1S/C17H27N3O3S.ClH/c1-18-24(22,23)16-10-8-14(9-11-16)17(21)20-13-12-19-15-6-4-2-3-5-7-15;/h8-11,15,18-19H,2-7,12-13H2,1H3,(H,20,21);1H. The molecule has 1 amide bonds. The molecule has 25 heavy (non-hydrogen) atoms. The summed E-state index contributed by atoms with van der Waals surface area (Å²) in [6, 6.07) is 6.49. The van der Waals surface area contributed by atoms with E-state index in [1.165, 1.54) is 69.8 Å². The first-order valence-corrected chi connectivity index (χ1v) is 10.1. The molecule has 1 aromatic rings. The van der Waals surface area contributed by atoms with Gasteiger partial charge >= 0.3 is 0 Å². The zero-order valence-electron chi connectivity index (χ0n) is 14.6. The summed E-state index contributed by atoms with van der Waals surface area (Å²) in [6.45, 7) is 1.31. The van der Waals surface area contributed by atoms with Gasteiger partial charge in [-0.15, -0.1) is 12.4 Å². The van der Waals surface area contributed by atoms with Gasteiger partial charge < -0.3 is 10.6 Å². The summed E-state index contributed by atoms with van der Waals surface area (Å²) in [6.07, 6.45) is 7.66. The van der Waals surface area contributed by atoms with E-state index in [1.807, 2.05) is 0 Å². The molecule has 1 aliphatic carbocycles. The van der Waals surface area contributed by atoms with Crippen molar-refractivity contribution < 1.29 is 13.2 Å². The summed E-state index contributed by atoms with van der Waals surface area (Å²) in [5.41, 5.74) is 0.458. The molecule has 0 atom stereocenters. The summed E-state index contributed by atoms with van der Waals surface area (Å²) < 4.78 is 25.5. The molecule has 8 heteroatoms. The van der Waals surface area contributed by atoms with Gasteiger partial charge in [-0.25, -0.2) is 13.1 Å². The van der Waals surface area contributed by atoms with Gasteiger partial charge in [0, 0.05) is 24.7 Å². The number of rotatable bonds is 7. The Hall–Kier alpha value is -1.15. The molecule has 6 nitrogen and oxygen atoms in total. The molecule has 0 aliphatic heterocycles. The molecule has 0 heterocycles. The Kier molecular flexibility index (Phi) is 9.42. The summed E-state index contributed by atoms with van der Waals surface area (Å²) in [7, 11) is -2.11. The number of hydrogen-bond donors (Lipinski definition) is 3. The lowest BCUT2D eigenvalue weighted by Crippen LogP contribution is -2.36. The van der Waals surface area contributed by atoms with E-state index in [-0.39, 0.29) is 23.2 Å². The SMILES string of the molecule is CNS(=O)(=O)c1ccc(C(=O)NCCNC2CCCCCC2)cc1.Cl. The summed E-state index contributed by atoms with van der Waals surface area (Å²) >= 11 is 0. The predicted octanol–water partition coefficient (Wildman–Crippen LogP) is 2.06. The van der Waals surface area contributed by atoms with Crippen LogP contribution in [0.1, 0.15) is 48.9 Å². The predicted molar refractivity (Wildman–Crippen MR) is 102 cm³/mol. The second kappa shape index (κ2) is 10.8. The van der Waals surface area contributed by atoms with Gasteiger partial charge in [0.2, 0.25) is 10.0 Å². The lowest BCUT2D eigenvalue weighted by Gasteiger charge is -2.16. The Balaban J connectivity index is 0.00000312. The third-order valence-electron chi connectivity index (χ3n) is 4.39. The van der Waals surface area contributed by atoms with E-state index in [0.29, 0.717) is 18.2 Å². The van der Waals surface area contributed by atoms with Crippen LogP contribution in [0.25, 0.3) is 0 Å². The lowest BCUT2D eigenvalue weighted by molar-refractivity contribution is 0.0953. The molecule has 1 fully saturated rings. The van der Waals surface area contributed by atoms with Crippen molar-refractivity contribution in [2.24, 2.45) is 0 Å². The van der Waals surface area contributed by atoms with E-state index in [1.54, 1.807) is 0 Å². The average molecular weight is 390 g/mol. The topological polar surface area (TPSA) is 87.3 Å². The zero-order valence-corrected chi connectivity index (χ0v) is 16.2. The zero-order chi connectivity index (χ0) is 17.4. The number of nitrogens with one attached hydrogen (secondary N) is 3. The Morgan fingerprint density at radius 1 is 1.04 bits per heavy atom. The van der Waals surface area contributed by atoms with Gasteiger partial charge in [-0.1, -0.05) is 25.7 Å². The van der Waals surface area contributed by atoms with Crippen LogP contribution in [0.15, 0.2) is 29.2 Å². The number of hydrogen-bond acceptors (Lipinski definition) is 4. The second-order valence-electron chi connectivity index (χ2n) is 6.13. The fourth-order valence-electron chi connectivity index (χ4n) is 2.94. The van der Waals surface area contributed by atoms with Gasteiger partial charge in [-0.3, -0.25) is 4.79 Å². The molecule has 0 spiro atoms. The molecule has 0 aromatic heterocycles. The monoisotopic (exact) mass is 389 g/mol. The molecule has 1 aromatic carbocycles. The van der Waals surface area contributed by atoms with Gasteiger partial charge in [-0.2, -0.15) is 0 Å². The molecule has 0 radical (unpaired) electrons. The van der Waals surface area contributed by atoms with Crippen molar-refractivity contribution in [2.75, 3.05) is 20.1 Å². The molecule has 2 rings (SSSR count). The minimum absolute atomic E-state index is 0. The van der Waals surface area contributed by atoms with Crippen molar-refractivity contribution in [1.29, 1.82) is 0 Å². The van der Waals surface area contributed by atoms with Gasteiger partial charge in [-0.05, 0) is 44.2 Å². The number of sulfonamides is 1. The second-order valence-corrected chi connectivity index (χ2v) is 8.02. The van der Waals surface area contributed by atoms with Crippen LogP contribution in [-0.2, 0) is 10.0 Å². The summed E-state index contributed by atoms with van der Waals surface area (Å²) in [5.74, 6) is -0.189. The van der Waals surface area contributed by atoms with E-state index >= 15 is 0 Å². The third-order valence-corrected chi connectivity index (χ3v) is 5.82. The quantitative estimate of drug-likeness (QED) is 0.492. The van der Waals surface area contributed by atoms with E-state index in [4.69, 9.17) is 0 Å². The third kappa shape index (κ3) is 6.93. The number of amides is 1.